The summed E-state index contributed by atoms with van der Waals surface area (Å²) in [5.74, 6) is 0. The number of nitrogens with zero attached hydrogens (tertiary/aromatic N) is 2. The van der Waals surface area contributed by atoms with Crippen LogP contribution in [0.5, 0.6) is 0 Å². The number of fused-ring (bicyclic) bond motifs is 15. The molecule has 13 aromatic rings. The van der Waals surface area contributed by atoms with Crippen molar-refractivity contribution in [3.05, 3.63) is 194 Å². The van der Waals surface area contributed by atoms with E-state index in [2.05, 4.69) is 203 Å². The first-order valence-electron chi connectivity index (χ1n) is 19.6. The molecule has 0 aliphatic carbocycles. The van der Waals surface area contributed by atoms with Crippen LogP contribution in [0.3, 0.4) is 0 Å². The highest BCUT2D eigenvalue weighted by atomic mass is 16.3. The standard InChI is InChI=1S/C54H32N2O/c1-2-14-38-36(12-1)37-13-3-4-15-39(37)45-30-33(24-27-40(38)45)34-25-28-44-53(31-34)57-52-23-11-22-51(54(44)52)56-49-21-10-7-18-43(49)46-32-35(26-29-50(46)56)55-47-19-8-5-16-41(47)42-17-6-9-20-48(42)55/h1-32H. The second kappa shape index (κ2) is 11.5. The van der Waals surface area contributed by atoms with E-state index in [1.165, 1.54) is 76.0 Å². The number of rotatable bonds is 3. The first-order chi connectivity index (χ1) is 28.3. The highest BCUT2D eigenvalue weighted by Crippen LogP contribution is 2.42. The van der Waals surface area contributed by atoms with Crippen molar-refractivity contribution in [2.75, 3.05) is 0 Å². The van der Waals surface area contributed by atoms with Crippen LogP contribution in [0.15, 0.2) is 199 Å². The number of aromatic nitrogens is 2. The average Bonchev–Trinajstić information content (AvgIpc) is 3.93. The Balaban J connectivity index is 0.998. The van der Waals surface area contributed by atoms with Crippen LogP contribution in [-0.2, 0) is 0 Å². The molecule has 0 bridgehead atoms. The lowest BCUT2D eigenvalue weighted by molar-refractivity contribution is 0.669. The van der Waals surface area contributed by atoms with E-state index in [1.54, 1.807) is 0 Å². The maximum atomic E-state index is 6.73. The number of hydrogen-bond acceptors (Lipinski definition) is 1. The van der Waals surface area contributed by atoms with Gasteiger partial charge in [-0.25, -0.2) is 0 Å². The van der Waals surface area contributed by atoms with Crippen molar-refractivity contribution >= 4 is 97.9 Å². The summed E-state index contributed by atoms with van der Waals surface area (Å²) in [4.78, 5) is 0. The molecule has 3 aromatic heterocycles. The van der Waals surface area contributed by atoms with Gasteiger partial charge in [0.2, 0.25) is 0 Å². The molecule has 10 aromatic carbocycles. The molecule has 0 radical (unpaired) electrons. The molecule has 3 heterocycles. The van der Waals surface area contributed by atoms with E-state index in [0.29, 0.717) is 0 Å². The molecule has 3 nitrogen and oxygen atoms in total. The summed E-state index contributed by atoms with van der Waals surface area (Å²) in [5.41, 5.74) is 11.1. The highest BCUT2D eigenvalue weighted by molar-refractivity contribution is 6.26. The van der Waals surface area contributed by atoms with Gasteiger partial charge in [0, 0.05) is 32.6 Å². The van der Waals surface area contributed by atoms with E-state index >= 15 is 0 Å². The third kappa shape index (κ3) is 4.26. The van der Waals surface area contributed by atoms with Gasteiger partial charge in [0.05, 0.1) is 33.1 Å². The molecule has 0 spiro atoms. The Kier molecular flexibility index (Phi) is 6.16. The SMILES string of the molecule is c1cc(-n2c3ccccc3c3cc(-n4c5ccccc5c5ccccc54)ccc32)c2c(c1)oc1cc(-c3ccc4c5ccccc5c5ccccc5c4c3)ccc12. The predicted molar refractivity (Wildman–Crippen MR) is 240 cm³/mol. The number of benzene rings is 10. The largest absolute Gasteiger partial charge is 0.456 e. The minimum absolute atomic E-state index is 0.878. The van der Waals surface area contributed by atoms with Crippen LogP contribution in [0, 0.1) is 0 Å². The van der Waals surface area contributed by atoms with Gasteiger partial charge in [-0.2, -0.15) is 0 Å². The number of para-hydroxylation sites is 3. The van der Waals surface area contributed by atoms with Crippen molar-refractivity contribution in [3.8, 4) is 22.5 Å². The van der Waals surface area contributed by atoms with Gasteiger partial charge in [0.15, 0.2) is 0 Å². The molecule has 0 saturated carbocycles. The lowest BCUT2D eigenvalue weighted by Gasteiger charge is -2.12. The summed E-state index contributed by atoms with van der Waals surface area (Å²) in [6.07, 6.45) is 0. The zero-order chi connectivity index (χ0) is 37.2. The predicted octanol–water partition coefficient (Wildman–Crippen LogP) is 14.9. The second-order valence-corrected chi connectivity index (χ2v) is 15.2. The quantitative estimate of drug-likeness (QED) is 0.166. The van der Waals surface area contributed by atoms with Crippen LogP contribution >= 0.6 is 0 Å². The lowest BCUT2D eigenvalue weighted by atomic mass is 9.92. The average molecular weight is 725 g/mol. The Morgan fingerprint density at radius 3 is 1.42 bits per heavy atom. The Labute approximate surface area is 326 Å². The molecule has 57 heavy (non-hydrogen) atoms. The van der Waals surface area contributed by atoms with Gasteiger partial charge in [0.25, 0.3) is 0 Å². The van der Waals surface area contributed by atoms with E-state index in [-0.39, 0.29) is 0 Å². The van der Waals surface area contributed by atoms with Crippen LogP contribution < -0.4 is 0 Å². The molecular weight excluding hydrogens is 693 g/mol. The summed E-state index contributed by atoms with van der Waals surface area (Å²) in [6.45, 7) is 0. The molecule has 13 rings (SSSR count). The molecule has 0 N–H and O–H groups in total. The van der Waals surface area contributed by atoms with Gasteiger partial charge < -0.3 is 13.6 Å². The third-order valence-electron chi connectivity index (χ3n) is 12.3. The fourth-order valence-electron chi connectivity index (χ4n) is 9.82. The van der Waals surface area contributed by atoms with E-state index < -0.39 is 0 Å². The molecule has 264 valence electrons. The minimum atomic E-state index is 0.878. The zero-order valence-corrected chi connectivity index (χ0v) is 30.8. The van der Waals surface area contributed by atoms with E-state index in [4.69, 9.17) is 4.42 Å². The van der Waals surface area contributed by atoms with E-state index in [1.807, 2.05) is 0 Å². The zero-order valence-electron chi connectivity index (χ0n) is 30.8. The Morgan fingerprint density at radius 1 is 0.281 bits per heavy atom. The van der Waals surface area contributed by atoms with Crippen LogP contribution in [0.2, 0.25) is 0 Å². The van der Waals surface area contributed by atoms with Crippen molar-refractivity contribution in [1.29, 1.82) is 0 Å². The van der Waals surface area contributed by atoms with Crippen molar-refractivity contribution < 1.29 is 4.42 Å². The van der Waals surface area contributed by atoms with Gasteiger partial charge in [0.1, 0.15) is 11.2 Å². The normalized spacial score (nSPS) is 12.2. The van der Waals surface area contributed by atoms with Crippen molar-refractivity contribution in [2.45, 2.75) is 0 Å². The van der Waals surface area contributed by atoms with Gasteiger partial charge >= 0.3 is 0 Å². The number of hydrogen-bond donors (Lipinski definition) is 0. The van der Waals surface area contributed by atoms with Crippen LogP contribution in [0.4, 0.5) is 0 Å². The van der Waals surface area contributed by atoms with E-state index in [0.717, 1.165) is 44.4 Å². The third-order valence-corrected chi connectivity index (χ3v) is 12.3. The lowest BCUT2D eigenvalue weighted by Crippen LogP contribution is -1.96. The summed E-state index contributed by atoms with van der Waals surface area (Å²) in [6, 6.07) is 70.7. The molecule has 3 heteroatoms. The minimum Gasteiger partial charge on any atom is -0.456 e. The van der Waals surface area contributed by atoms with Gasteiger partial charge in [-0.1, -0.05) is 127 Å². The van der Waals surface area contributed by atoms with E-state index in [9.17, 15) is 0 Å². The molecule has 0 amide bonds. The fraction of sp³-hybridized carbons (Fsp3) is 0. The second-order valence-electron chi connectivity index (χ2n) is 15.2. The van der Waals surface area contributed by atoms with Crippen LogP contribution in [0.1, 0.15) is 0 Å². The number of furan rings is 1. The molecule has 0 saturated heterocycles. The summed E-state index contributed by atoms with van der Waals surface area (Å²) in [7, 11) is 0. The summed E-state index contributed by atoms with van der Waals surface area (Å²) >= 11 is 0. The molecular formula is C54H32N2O. The highest BCUT2D eigenvalue weighted by Gasteiger charge is 2.20. The van der Waals surface area contributed by atoms with Gasteiger partial charge in [-0.15, -0.1) is 0 Å². The molecule has 0 aliphatic rings. The smallest absolute Gasteiger partial charge is 0.137 e. The molecule has 0 atom stereocenters. The fourth-order valence-corrected chi connectivity index (χ4v) is 9.82. The maximum Gasteiger partial charge on any atom is 0.137 e. The molecule has 0 unspecified atom stereocenters. The van der Waals surface area contributed by atoms with Gasteiger partial charge in [-0.3, -0.25) is 0 Å². The molecule has 0 fully saturated rings. The molecule has 0 aliphatic heterocycles. The monoisotopic (exact) mass is 724 g/mol. The maximum absolute atomic E-state index is 6.73. The van der Waals surface area contributed by atoms with Crippen molar-refractivity contribution in [1.82, 2.24) is 9.13 Å². The van der Waals surface area contributed by atoms with Crippen LogP contribution in [0.25, 0.3) is 120 Å². The van der Waals surface area contributed by atoms with Crippen LogP contribution in [-0.4, -0.2) is 9.13 Å². The first-order valence-corrected chi connectivity index (χ1v) is 19.6. The summed E-state index contributed by atoms with van der Waals surface area (Å²) < 4.78 is 11.5. The summed E-state index contributed by atoms with van der Waals surface area (Å²) in [5, 5.41) is 14.9. The Bertz CT molecular complexity index is 3730. The first kappa shape index (κ1) is 30.7. The Hall–Kier alpha value is -7.62. The van der Waals surface area contributed by atoms with Gasteiger partial charge in [-0.05, 0) is 110 Å². The topological polar surface area (TPSA) is 23.0 Å². The van der Waals surface area contributed by atoms with Crippen molar-refractivity contribution in [3.63, 3.8) is 0 Å². The Morgan fingerprint density at radius 2 is 0.772 bits per heavy atom. The van der Waals surface area contributed by atoms with Crippen molar-refractivity contribution in [2.24, 2.45) is 0 Å².